The molecule has 0 unspecified atom stereocenters. The van der Waals surface area contributed by atoms with Gasteiger partial charge < -0.3 is 20.5 Å². The maximum atomic E-state index is 12.5. The summed E-state index contributed by atoms with van der Waals surface area (Å²) in [6.07, 6.45) is 10.9. The van der Waals surface area contributed by atoms with Gasteiger partial charge in [-0.3, -0.25) is 4.79 Å². The van der Waals surface area contributed by atoms with Crippen molar-refractivity contribution in [3.05, 3.63) is 59.7 Å². The van der Waals surface area contributed by atoms with Crippen LogP contribution in [-0.2, 0) is 14.3 Å². The van der Waals surface area contributed by atoms with Crippen molar-refractivity contribution in [1.29, 1.82) is 0 Å². The van der Waals surface area contributed by atoms with Crippen LogP contribution in [0.1, 0.15) is 94.6 Å². The summed E-state index contributed by atoms with van der Waals surface area (Å²) in [5, 5.41) is 14.6. The molecule has 2 aromatic rings. The Balaban J connectivity index is 1.35. The lowest BCUT2D eigenvalue weighted by Gasteiger charge is -2.17. The van der Waals surface area contributed by atoms with E-state index in [2.05, 4.69) is 17.6 Å². The first-order valence-electron chi connectivity index (χ1n) is 14.1. The summed E-state index contributed by atoms with van der Waals surface area (Å²) in [5.41, 5.74) is 4.37. The molecule has 0 bridgehead atoms. The minimum absolute atomic E-state index is 0.0805. The smallest absolute Gasteiger partial charge is 0.407 e. The van der Waals surface area contributed by atoms with Gasteiger partial charge in [0.25, 0.3) is 0 Å². The van der Waals surface area contributed by atoms with Crippen LogP contribution >= 0.6 is 0 Å². The quantitative estimate of drug-likeness (QED) is 0.208. The molecule has 0 aliphatic heterocycles. The van der Waals surface area contributed by atoms with Gasteiger partial charge in [0, 0.05) is 12.5 Å². The highest BCUT2D eigenvalue weighted by molar-refractivity contribution is 5.87. The first-order chi connectivity index (χ1) is 18.5. The van der Waals surface area contributed by atoms with Gasteiger partial charge in [-0.2, -0.15) is 0 Å². The number of hydrogen-bond acceptors (Lipinski definition) is 4. The third kappa shape index (κ3) is 8.89. The van der Waals surface area contributed by atoms with Crippen LogP contribution in [0.3, 0.4) is 0 Å². The van der Waals surface area contributed by atoms with Crippen molar-refractivity contribution in [1.82, 2.24) is 10.6 Å². The summed E-state index contributed by atoms with van der Waals surface area (Å²) in [7, 11) is 0. The molecule has 0 heterocycles. The van der Waals surface area contributed by atoms with Crippen molar-refractivity contribution in [2.75, 3.05) is 13.2 Å². The van der Waals surface area contributed by atoms with Crippen molar-refractivity contribution in [3.63, 3.8) is 0 Å². The predicted octanol–water partition coefficient (Wildman–Crippen LogP) is 6.41. The van der Waals surface area contributed by atoms with Crippen molar-refractivity contribution in [3.8, 4) is 11.1 Å². The topological polar surface area (TPSA) is 105 Å². The molecular weight excluding hydrogens is 480 g/mol. The predicted molar refractivity (Wildman–Crippen MR) is 149 cm³/mol. The van der Waals surface area contributed by atoms with E-state index in [1.807, 2.05) is 48.5 Å². The molecule has 38 heavy (non-hydrogen) atoms. The Kier molecular flexibility index (Phi) is 12.1. The number of fused-ring (bicyclic) bond motifs is 3. The lowest BCUT2D eigenvalue weighted by molar-refractivity contribution is -0.141. The maximum Gasteiger partial charge on any atom is 0.407 e. The van der Waals surface area contributed by atoms with Crippen LogP contribution in [0, 0.1) is 0 Å². The molecule has 0 radical (unpaired) electrons. The van der Waals surface area contributed by atoms with Crippen molar-refractivity contribution >= 4 is 18.0 Å². The van der Waals surface area contributed by atoms with Crippen molar-refractivity contribution in [2.24, 2.45) is 0 Å². The molecule has 3 N–H and O–H groups in total. The van der Waals surface area contributed by atoms with E-state index in [4.69, 9.17) is 4.74 Å². The monoisotopic (exact) mass is 522 g/mol. The molecule has 3 rings (SSSR count). The summed E-state index contributed by atoms with van der Waals surface area (Å²) in [5.74, 6) is -1.79. The molecule has 1 atom stereocenters. The van der Waals surface area contributed by atoms with E-state index in [-0.39, 0.29) is 18.9 Å². The second-order valence-electron chi connectivity index (χ2n) is 10.1. The third-order valence-corrected chi connectivity index (χ3v) is 7.18. The average molecular weight is 523 g/mol. The summed E-state index contributed by atoms with van der Waals surface area (Å²) in [4.78, 5) is 36.4. The van der Waals surface area contributed by atoms with Crippen LogP contribution < -0.4 is 10.6 Å². The Labute approximate surface area is 226 Å². The number of aliphatic carboxylic acids is 1. The van der Waals surface area contributed by atoms with E-state index in [1.54, 1.807) is 0 Å². The largest absolute Gasteiger partial charge is 0.480 e. The van der Waals surface area contributed by atoms with Gasteiger partial charge in [-0.1, -0.05) is 113 Å². The van der Waals surface area contributed by atoms with Gasteiger partial charge in [-0.25, -0.2) is 9.59 Å². The van der Waals surface area contributed by atoms with E-state index < -0.39 is 24.0 Å². The molecule has 0 aromatic heterocycles. The van der Waals surface area contributed by atoms with Crippen molar-refractivity contribution < 1.29 is 24.2 Å². The molecule has 2 amide bonds. The number of unbranched alkanes of at least 4 members (excludes halogenated alkanes) is 9. The second-order valence-corrected chi connectivity index (χ2v) is 10.1. The number of carbonyl (C=O) groups is 3. The first kappa shape index (κ1) is 29.2. The van der Waals surface area contributed by atoms with Gasteiger partial charge in [0.1, 0.15) is 12.6 Å². The standard InChI is InChI=1S/C31H42N2O5/c1-2-3-4-5-6-7-8-9-10-15-20-32-29(34)21-28(30(35)36)33-31(37)38-22-27-25-18-13-11-16-23(25)24-17-12-14-19-26(24)27/h11-14,16-19,27-28H,2-10,15,20-22H2,1H3,(H,32,34)(H,33,37)(H,35,36)/t28-/m0/s1. The fourth-order valence-electron chi connectivity index (χ4n) is 5.08. The lowest BCUT2D eigenvalue weighted by atomic mass is 9.98. The summed E-state index contributed by atoms with van der Waals surface area (Å²) in [6.45, 7) is 2.81. The van der Waals surface area contributed by atoms with E-state index >= 15 is 0 Å². The van der Waals surface area contributed by atoms with E-state index in [9.17, 15) is 19.5 Å². The van der Waals surface area contributed by atoms with Crippen LogP contribution in [0.2, 0.25) is 0 Å². The summed E-state index contributed by atoms with van der Waals surface area (Å²) >= 11 is 0. The molecule has 0 saturated heterocycles. The highest BCUT2D eigenvalue weighted by Crippen LogP contribution is 2.44. The molecule has 2 aromatic carbocycles. The Bertz CT molecular complexity index is 1010. The Morgan fingerprint density at radius 2 is 1.34 bits per heavy atom. The normalized spacial score (nSPS) is 12.9. The van der Waals surface area contributed by atoms with Gasteiger partial charge in [-0.05, 0) is 28.7 Å². The number of amides is 2. The SMILES string of the molecule is CCCCCCCCCCCCNC(=O)C[C@H](NC(=O)OCC1c2ccccc2-c2ccccc21)C(=O)O. The number of rotatable bonds is 17. The minimum atomic E-state index is -1.35. The van der Waals surface area contributed by atoms with Gasteiger partial charge in [0.15, 0.2) is 0 Å². The Morgan fingerprint density at radius 1 is 0.816 bits per heavy atom. The minimum Gasteiger partial charge on any atom is -0.480 e. The van der Waals surface area contributed by atoms with E-state index in [0.29, 0.717) is 6.54 Å². The first-order valence-corrected chi connectivity index (χ1v) is 14.1. The van der Waals surface area contributed by atoms with Crippen LogP contribution in [0.25, 0.3) is 11.1 Å². The number of hydrogen-bond donors (Lipinski definition) is 3. The van der Waals surface area contributed by atoms with E-state index in [1.165, 1.54) is 44.9 Å². The van der Waals surface area contributed by atoms with Crippen LogP contribution in [0.4, 0.5) is 4.79 Å². The zero-order valence-electron chi connectivity index (χ0n) is 22.5. The molecular formula is C31H42N2O5. The molecule has 1 aliphatic carbocycles. The van der Waals surface area contributed by atoms with Crippen LogP contribution in [0.5, 0.6) is 0 Å². The molecule has 0 spiro atoms. The summed E-state index contributed by atoms with van der Waals surface area (Å²) in [6, 6.07) is 14.6. The molecule has 1 aliphatic rings. The number of carboxylic acids is 1. The van der Waals surface area contributed by atoms with Crippen molar-refractivity contribution in [2.45, 2.75) is 89.5 Å². The number of carboxylic acid groups (broad SMARTS) is 1. The highest BCUT2D eigenvalue weighted by atomic mass is 16.5. The number of alkyl carbamates (subject to hydrolysis) is 1. The second kappa shape index (κ2) is 15.8. The zero-order chi connectivity index (χ0) is 27.2. The fourth-order valence-corrected chi connectivity index (χ4v) is 5.08. The number of carbonyl (C=O) groups excluding carboxylic acids is 2. The van der Waals surface area contributed by atoms with Gasteiger partial charge in [-0.15, -0.1) is 0 Å². The van der Waals surface area contributed by atoms with Crippen LogP contribution in [-0.4, -0.2) is 42.3 Å². The van der Waals surface area contributed by atoms with Gasteiger partial charge in [0.2, 0.25) is 5.91 Å². The molecule has 206 valence electrons. The molecule has 0 saturated carbocycles. The highest BCUT2D eigenvalue weighted by Gasteiger charge is 2.30. The number of ether oxygens (including phenoxy) is 1. The maximum absolute atomic E-state index is 12.5. The Hall–Kier alpha value is -3.35. The van der Waals surface area contributed by atoms with Gasteiger partial charge in [0.05, 0.1) is 6.42 Å². The van der Waals surface area contributed by atoms with E-state index in [0.717, 1.165) is 41.5 Å². The molecule has 0 fully saturated rings. The third-order valence-electron chi connectivity index (χ3n) is 7.18. The average Bonchev–Trinajstić information content (AvgIpc) is 3.23. The fraction of sp³-hybridized carbons (Fsp3) is 0.516. The molecule has 7 heteroatoms. The molecule has 7 nitrogen and oxygen atoms in total. The zero-order valence-corrected chi connectivity index (χ0v) is 22.5. The Morgan fingerprint density at radius 3 is 1.89 bits per heavy atom. The van der Waals surface area contributed by atoms with Crippen LogP contribution in [0.15, 0.2) is 48.5 Å². The van der Waals surface area contributed by atoms with Gasteiger partial charge >= 0.3 is 12.1 Å². The lowest BCUT2D eigenvalue weighted by Crippen LogP contribution is -2.44. The number of benzene rings is 2. The number of nitrogens with one attached hydrogen (secondary N) is 2. The summed E-state index contributed by atoms with van der Waals surface area (Å²) < 4.78 is 5.43.